The molecule has 4 aliphatic rings. The average molecular weight is 421 g/mol. The van der Waals surface area contributed by atoms with Crippen molar-refractivity contribution in [1.29, 1.82) is 0 Å². The van der Waals surface area contributed by atoms with E-state index in [1.807, 2.05) is 0 Å². The fourth-order valence-electron chi connectivity index (χ4n) is 7.38. The molecule has 3 N–H and O–H groups in total. The van der Waals surface area contributed by atoms with Crippen LogP contribution in [0, 0.1) is 22.7 Å². The Morgan fingerprint density at radius 1 is 1.17 bits per heavy atom. The Bertz CT molecular complexity index is 833. The van der Waals surface area contributed by atoms with E-state index in [4.69, 9.17) is 4.74 Å². The van der Waals surface area contributed by atoms with Crippen LogP contribution in [-0.2, 0) is 19.1 Å². The second-order valence-electron chi connectivity index (χ2n) is 10.3. The van der Waals surface area contributed by atoms with Crippen molar-refractivity contribution < 1.29 is 34.4 Å². The van der Waals surface area contributed by atoms with Gasteiger partial charge >= 0.3 is 5.97 Å². The first kappa shape index (κ1) is 21.7. The molecule has 7 nitrogen and oxygen atoms in total. The van der Waals surface area contributed by atoms with Gasteiger partial charge in [0.2, 0.25) is 5.78 Å². The summed E-state index contributed by atoms with van der Waals surface area (Å²) in [5.41, 5.74) is -3.78. The quantitative estimate of drug-likeness (QED) is 0.591. The molecule has 0 spiro atoms. The number of esters is 1. The summed E-state index contributed by atoms with van der Waals surface area (Å²) in [5.74, 6) is -1.67. The molecule has 7 atom stereocenters. The molecule has 3 saturated carbocycles. The maximum atomic E-state index is 12.9. The van der Waals surface area contributed by atoms with Crippen LogP contribution in [-0.4, -0.2) is 56.8 Å². The highest BCUT2D eigenvalue weighted by Crippen LogP contribution is 2.69. The number of allylic oxidation sites excluding steroid dienone is 1. The standard InChI is InChI=1S/C23H32O7/c1-13(24)30-12-18(27)23(29)9-8-22(28)16-5-4-14-10-15(25)6-7-20(14,2)19(16)17(26)11-21(22,23)3/h10,16-17,19,26,28-29H,4-9,11-12H2,1-3H3/t16-,17+,19-,20+,21+,22-,23-/m1/s1. The number of carbonyl (C=O) groups excluding carboxylic acids is 3. The van der Waals surface area contributed by atoms with Crippen molar-refractivity contribution in [3.63, 3.8) is 0 Å². The van der Waals surface area contributed by atoms with Gasteiger partial charge in [0.15, 0.2) is 12.4 Å². The number of ketones is 2. The summed E-state index contributed by atoms with van der Waals surface area (Å²) in [6, 6.07) is 0. The summed E-state index contributed by atoms with van der Waals surface area (Å²) in [6.07, 6.45) is 3.59. The SMILES string of the molecule is CC(=O)OCC(=O)[C@]1(O)CC[C@@]2(O)[C@@H]3CCC4=CC(=O)CC[C@]4(C)[C@H]3[C@@H](O)C[C@]12C. The topological polar surface area (TPSA) is 121 Å². The van der Waals surface area contributed by atoms with E-state index in [1.54, 1.807) is 13.0 Å². The summed E-state index contributed by atoms with van der Waals surface area (Å²) < 4.78 is 4.84. The number of rotatable bonds is 3. The van der Waals surface area contributed by atoms with E-state index in [2.05, 4.69) is 6.92 Å². The molecule has 166 valence electrons. The van der Waals surface area contributed by atoms with Gasteiger partial charge in [0.05, 0.1) is 11.7 Å². The number of hydrogen-bond acceptors (Lipinski definition) is 7. The summed E-state index contributed by atoms with van der Waals surface area (Å²) in [7, 11) is 0. The molecular formula is C23H32O7. The average Bonchev–Trinajstić information content (AvgIpc) is 2.88. The minimum absolute atomic E-state index is 0.0634. The van der Waals surface area contributed by atoms with Gasteiger partial charge in [0.1, 0.15) is 5.60 Å². The van der Waals surface area contributed by atoms with E-state index in [9.17, 15) is 29.7 Å². The third-order valence-corrected chi connectivity index (χ3v) is 9.10. The van der Waals surface area contributed by atoms with Gasteiger partial charge < -0.3 is 20.1 Å². The molecule has 0 amide bonds. The Balaban J connectivity index is 1.72. The van der Waals surface area contributed by atoms with Gasteiger partial charge in [0.25, 0.3) is 0 Å². The lowest BCUT2D eigenvalue weighted by Gasteiger charge is -2.63. The van der Waals surface area contributed by atoms with E-state index in [-0.39, 0.29) is 42.3 Å². The summed E-state index contributed by atoms with van der Waals surface area (Å²) in [4.78, 5) is 36.0. The molecule has 7 heteroatoms. The molecule has 0 aromatic rings. The largest absolute Gasteiger partial charge is 0.458 e. The second kappa shape index (κ2) is 6.71. The monoisotopic (exact) mass is 420 g/mol. The van der Waals surface area contributed by atoms with Crippen molar-refractivity contribution >= 4 is 17.5 Å². The van der Waals surface area contributed by atoms with Gasteiger partial charge in [-0.3, -0.25) is 14.4 Å². The van der Waals surface area contributed by atoms with Crippen molar-refractivity contribution in [3.05, 3.63) is 11.6 Å². The fraction of sp³-hybridized carbons (Fsp3) is 0.783. The van der Waals surface area contributed by atoms with E-state index < -0.39 is 41.1 Å². The number of carbonyl (C=O) groups is 3. The van der Waals surface area contributed by atoms with Crippen LogP contribution >= 0.6 is 0 Å². The number of ether oxygens (including phenoxy) is 1. The first-order valence-electron chi connectivity index (χ1n) is 10.9. The molecule has 0 radical (unpaired) electrons. The first-order valence-corrected chi connectivity index (χ1v) is 10.9. The number of aliphatic hydroxyl groups is 3. The molecular weight excluding hydrogens is 388 g/mol. The van der Waals surface area contributed by atoms with Gasteiger partial charge in [-0.2, -0.15) is 0 Å². The van der Waals surface area contributed by atoms with Crippen LogP contribution < -0.4 is 0 Å². The molecule has 0 bridgehead atoms. The highest BCUT2D eigenvalue weighted by Gasteiger charge is 2.74. The third kappa shape index (κ3) is 2.64. The van der Waals surface area contributed by atoms with Crippen molar-refractivity contribution in [3.8, 4) is 0 Å². The Hall–Kier alpha value is -1.57. The summed E-state index contributed by atoms with van der Waals surface area (Å²) in [6.45, 7) is 4.41. The predicted octanol–water partition coefficient (Wildman–Crippen LogP) is 1.47. The maximum Gasteiger partial charge on any atom is 0.303 e. The third-order valence-electron chi connectivity index (χ3n) is 9.10. The molecule has 0 aliphatic heterocycles. The van der Waals surface area contributed by atoms with Crippen LogP contribution in [0.25, 0.3) is 0 Å². The van der Waals surface area contributed by atoms with Crippen LogP contribution in [0.2, 0.25) is 0 Å². The van der Waals surface area contributed by atoms with Gasteiger partial charge in [-0.15, -0.1) is 0 Å². The highest BCUT2D eigenvalue weighted by molar-refractivity contribution is 5.92. The smallest absolute Gasteiger partial charge is 0.303 e. The molecule has 0 heterocycles. The summed E-state index contributed by atoms with van der Waals surface area (Å²) in [5, 5.41) is 34.8. The lowest BCUT2D eigenvalue weighted by molar-refractivity contribution is -0.243. The molecule has 30 heavy (non-hydrogen) atoms. The molecule has 0 aromatic carbocycles. The number of fused-ring (bicyclic) bond motifs is 5. The van der Waals surface area contributed by atoms with E-state index in [0.717, 1.165) is 5.57 Å². The van der Waals surface area contributed by atoms with Gasteiger partial charge in [-0.05, 0) is 61.9 Å². The van der Waals surface area contributed by atoms with Crippen molar-refractivity contribution in [1.82, 2.24) is 0 Å². The van der Waals surface area contributed by atoms with Crippen LogP contribution in [0.15, 0.2) is 11.6 Å². The Labute approximate surface area is 176 Å². The zero-order chi connectivity index (χ0) is 22.1. The number of aliphatic hydroxyl groups excluding tert-OH is 1. The minimum Gasteiger partial charge on any atom is -0.458 e. The molecule has 0 unspecified atom stereocenters. The van der Waals surface area contributed by atoms with E-state index in [1.165, 1.54) is 6.92 Å². The van der Waals surface area contributed by atoms with Gasteiger partial charge in [-0.25, -0.2) is 0 Å². The maximum absolute atomic E-state index is 12.9. The highest BCUT2D eigenvalue weighted by atomic mass is 16.5. The van der Waals surface area contributed by atoms with Crippen LogP contribution in [0.1, 0.15) is 65.7 Å². The van der Waals surface area contributed by atoms with E-state index in [0.29, 0.717) is 25.7 Å². The minimum atomic E-state index is -1.87. The predicted molar refractivity (Wildman–Crippen MR) is 106 cm³/mol. The molecule has 0 saturated heterocycles. The van der Waals surface area contributed by atoms with Crippen LogP contribution in [0.3, 0.4) is 0 Å². The van der Waals surface area contributed by atoms with Crippen molar-refractivity contribution in [2.24, 2.45) is 22.7 Å². The fourth-order valence-corrected chi connectivity index (χ4v) is 7.38. The lowest BCUT2D eigenvalue weighted by Crippen LogP contribution is -2.69. The lowest BCUT2D eigenvalue weighted by atomic mass is 9.44. The first-order chi connectivity index (χ1) is 13.9. The Morgan fingerprint density at radius 3 is 2.53 bits per heavy atom. The molecule has 4 aliphatic carbocycles. The zero-order valence-electron chi connectivity index (χ0n) is 17.9. The van der Waals surface area contributed by atoms with Crippen LogP contribution in [0.4, 0.5) is 0 Å². The molecule has 3 fully saturated rings. The van der Waals surface area contributed by atoms with Gasteiger partial charge in [-0.1, -0.05) is 19.4 Å². The Kier molecular flexibility index (Phi) is 4.84. The summed E-state index contributed by atoms with van der Waals surface area (Å²) >= 11 is 0. The Morgan fingerprint density at radius 2 is 1.87 bits per heavy atom. The normalized spacial score (nSPS) is 47.6. The van der Waals surface area contributed by atoms with E-state index >= 15 is 0 Å². The van der Waals surface area contributed by atoms with Gasteiger partial charge in [0, 0.05) is 18.8 Å². The molecule has 4 rings (SSSR count). The number of Topliss-reactive ketones (excluding diaryl/α,β-unsaturated/α-hetero) is 1. The second-order valence-corrected chi connectivity index (χ2v) is 10.3. The molecule has 0 aromatic heterocycles. The van der Waals surface area contributed by atoms with Crippen LogP contribution in [0.5, 0.6) is 0 Å². The zero-order valence-corrected chi connectivity index (χ0v) is 17.9. The van der Waals surface area contributed by atoms with Crippen molar-refractivity contribution in [2.75, 3.05) is 6.61 Å². The number of hydrogen-bond donors (Lipinski definition) is 3. The van der Waals surface area contributed by atoms with Crippen molar-refractivity contribution in [2.45, 2.75) is 83.0 Å².